The van der Waals surface area contributed by atoms with Gasteiger partial charge in [0, 0.05) is 12.1 Å². The van der Waals surface area contributed by atoms with Gasteiger partial charge in [0.1, 0.15) is 0 Å². The molecule has 1 aromatic rings. The first-order valence-electron chi connectivity index (χ1n) is 7.16. The zero-order chi connectivity index (χ0) is 14.5. The monoisotopic (exact) mass is 275 g/mol. The molecule has 2 rings (SSSR count). The van der Waals surface area contributed by atoms with E-state index in [0.29, 0.717) is 12.3 Å². The highest BCUT2D eigenvalue weighted by molar-refractivity contribution is 5.90. The molecule has 0 spiro atoms. The first-order chi connectivity index (χ1) is 9.54. The first-order valence-corrected chi connectivity index (χ1v) is 7.16. The molecule has 20 heavy (non-hydrogen) atoms. The Morgan fingerprint density at radius 2 is 1.95 bits per heavy atom. The van der Waals surface area contributed by atoms with Crippen LogP contribution in [-0.4, -0.2) is 17.0 Å². The second kappa shape index (κ2) is 6.55. The van der Waals surface area contributed by atoms with Gasteiger partial charge >= 0.3 is 5.97 Å². The summed E-state index contributed by atoms with van der Waals surface area (Å²) >= 11 is 0. The molecule has 4 nitrogen and oxygen atoms in total. The van der Waals surface area contributed by atoms with E-state index < -0.39 is 5.97 Å². The fourth-order valence-electron chi connectivity index (χ4n) is 2.45. The van der Waals surface area contributed by atoms with Crippen LogP contribution in [0.5, 0.6) is 0 Å². The molecule has 108 valence electrons. The van der Waals surface area contributed by atoms with Gasteiger partial charge in [-0.05, 0) is 42.4 Å². The molecule has 1 atom stereocenters. The van der Waals surface area contributed by atoms with E-state index in [4.69, 9.17) is 5.11 Å². The highest BCUT2D eigenvalue weighted by Crippen LogP contribution is 2.29. The number of carbonyl (C=O) groups excluding carboxylic acids is 1. The third-order valence-electron chi connectivity index (χ3n) is 3.94. The van der Waals surface area contributed by atoms with Crippen molar-refractivity contribution < 1.29 is 14.7 Å². The molecule has 1 aliphatic rings. The van der Waals surface area contributed by atoms with Crippen molar-refractivity contribution in [3.63, 3.8) is 0 Å². The van der Waals surface area contributed by atoms with Crippen LogP contribution in [0.4, 0.5) is 5.69 Å². The number of benzene rings is 1. The second-order valence-corrected chi connectivity index (χ2v) is 5.67. The summed E-state index contributed by atoms with van der Waals surface area (Å²) < 4.78 is 0. The van der Waals surface area contributed by atoms with Gasteiger partial charge < -0.3 is 10.4 Å². The molecule has 1 saturated carbocycles. The lowest BCUT2D eigenvalue weighted by molar-refractivity contribution is -0.137. The molecule has 2 N–H and O–H groups in total. The van der Waals surface area contributed by atoms with E-state index in [0.717, 1.165) is 11.3 Å². The predicted molar refractivity (Wildman–Crippen MR) is 77.7 cm³/mol. The smallest absolute Gasteiger partial charge is 0.303 e. The molecule has 1 fully saturated rings. The van der Waals surface area contributed by atoms with Gasteiger partial charge in [-0.25, -0.2) is 0 Å². The van der Waals surface area contributed by atoms with Gasteiger partial charge in [-0.15, -0.1) is 0 Å². The molecule has 0 radical (unpaired) electrons. The SMILES string of the molecule is CC(CC(=O)O)c1ccc(NC(=O)CC2CCC2)cc1. The Bertz CT molecular complexity index is 477. The van der Waals surface area contributed by atoms with Gasteiger partial charge in [0.2, 0.25) is 5.91 Å². The molecule has 1 aromatic carbocycles. The average molecular weight is 275 g/mol. The number of hydrogen-bond acceptors (Lipinski definition) is 2. The summed E-state index contributed by atoms with van der Waals surface area (Å²) in [5.74, 6) is -0.187. The van der Waals surface area contributed by atoms with Gasteiger partial charge in [-0.2, -0.15) is 0 Å². The number of anilines is 1. The summed E-state index contributed by atoms with van der Waals surface area (Å²) in [5.41, 5.74) is 1.75. The minimum absolute atomic E-state index is 0.0211. The van der Waals surface area contributed by atoms with E-state index >= 15 is 0 Å². The number of aliphatic carboxylic acids is 1. The van der Waals surface area contributed by atoms with E-state index in [2.05, 4.69) is 5.32 Å². The number of rotatable bonds is 6. The van der Waals surface area contributed by atoms with Crippen LogP contribution in [-0.2, 0) is 9.59 Å². The molecule has 0 aromatic heterocycles. The number of amides is 1. The number of carboxylic acid groups (broad SMARTS) is 1. The molecule has 1 aliphatic carbocycles. The third kappa shape index (κ3) is 4.08. The summed E-state index contributed by atoms with van der Waals surface area (Å²) in [6.45, 7) is 1.89. The van der Waals surface area contributed by atoms with Crippen LogP contribution in [0.25, 0.3) is 0 Å². The maximum atomic E-state index is 11.8. The first kappa shape index (κ1) is 14.6. The molecule has 0 bridgehead atoms. The minimum Gasteiger partial charge on any atom is -0.481 e. The zero-order valence-corrected chi connectivity index (χ0v) is 11.8. The van der Waals surface area contributed by atoms with Gasteiger partial charge in [0.15, 0.2) is 0 Å². The lowest BCUT2D eigenvalue weighted by atomic mass is 9.83. The Morgan fingerprint density at radius 1 is 1.30 bits per heavy atom. The summed E-state index contributed by atoms with van der Waals surface area (Å²) in [6, 6.07) is 7.44. The van der Waals surface area contributed by atoms with Crippen molar-refractivity contribution in [3.05, 3.63) is 29.8 Å². The van der Waals surface area contributed by atoms with E-state index in [9.17, 15) is 9.59 Å². The molecule has 1 unspecified atom stereocenters. The molecule has 4 heteroatoms. The van der Waals surface area contributed by atoms with Crippen molar-refractivity contribution in [1.29, 1.82) is 0 Å². The van der Waals surface area contributed by atoms with Crippen molar-refractivity contribution >= 4 is 17.6 Å². The Balaban J connectivity index is 1.87. The standard InChI is InChI=1S/C16H21NO3/c1-11(9-16(19)20)13-5-7-14(8-6-13)17-15(18)10-12-3-2-4-12/h5-8,11-12H,2-4,9-10H2,1H3,(H,17,18)(H,19,20). The maximum absolute atomic E-state index is 11.8. The molecular weight excluding hydrogens is 254 g/mol. The van der Waals surface area contributed by atoms with Crippen molar-refractivity contribution in [1.82, 2.24) is 0 Å². The molecule has 0 heterocycles. The van der Waals surface area contributed by atoms with Crippen LogP contribution in [0, 0.1) is 5.92 Å². The largest absolute Gasteiger partial charge is 0.481 e. The quantitative estimate of drug-likeness (QED) is 0.836. The number of carboxylic acids is 1. The number of nitrogens with one attached hydrogen (secondary N) is 1. The minimum atomic E-state index is -0.796. The van der Waals surface area contributed by atoms with E-state index in [-0.39, 0.29) is 18.2 Å². The maximum Gasteiger partial charge on any atom is 0.303 e. The number of hydrogen-bond donors (Lipinski definition) is 2. The van der Waals surface area contributed by atoms with Crippen molar-refractivity contribution in [2.45, 2.75) is 44.9 Å². The van der Waals surface area contributed by atoms with Crippen LogP contribution in [0.1, 0.15) is 50.5 Å². The lowest BCUT2D eigenvalue weighted by Crippen LogP contribution is -2.20. The van der Waals surface area contributed by atoms with E-state index in [1.807, 2.05) is 31.2 Å². The van der Waals surface area contributed by atoms with Gasteiger partial charge in [-0.3, -0.25) is 9.59 Å². The van der Waals surface area contributed by atoms with Crippen molar-refractivity contribution in [2.75, 3.05) is 5.32 Å². The average Bonchev–Trinajstić information content (AvgIpc) is 2.34. The van der Waals surface area contributed by atoms with E-state index in [1.165, 1.54) is 19.3 Å². The van der Waals surface area contributed by atoms with E-state index in [1.54, 1.807) is 0 Å². The normalized spacial score (nSPS) is 16.2. The van der Waals surface area contributed by atoms with Gasteiger partial charge in [0.25, 0.3) is 0 Å². The highest BCUT2D eigenvalue weighted by atomic mass is 16.4. The Morgan fingerprint density at radius 3 is 2.45 bits per heavy atom. The molecule has 0 aliphatic heterocycles. The molecular formula is C16H21NO3. The fourth-order valence-corrected chi connectivity index (χ4v) is 2.45. The Labute approximate surface area is 119 Å². The Kier molecular flexibility index (Phi) is 4.77. The van der Waals surface area contributed by atoms with Crippen LogP contribution in [0.15, 0.2) is 24.3 Å². The van der Waals surface area contributed by atoms with Crippen LogP contribution in [0.2, 0.25) is 0 Å². The van der Waals surface area contributed by atoms with Crippen molar-refractivity contribution in [3.8, 4) is 0 Å². The summed E-state index contributed by atoms with van der Waals surface area (Å²) in [6.07, 6.45) is 4.30. The summed E-state index contributed by atoms with van der Waals surface area (Å²) in [4.78, 5) is 22.5. The molecule has 0 saturated heterocycles. The lowest BCUT2D eigenvalue weighted by Gasteiger charge is -2.24. The van der Waals surface area contributed by atoms with Crippen LogP contribution < -0.4 is 5.32 Å². The summed E-state index contributed by atoms with van der Waals surface area (Å²) in [7, 11) is 0. The van der Waals surface area contributed by atoms with Crippen molar-refractivity contribution in [2.24, 2.45) is 5.92 Å². The Hall–Kier alpha value is -1.84. The van der Waals surface area contributed by atoms with Crippen LogP contribution >= 0.6 is 0 Å². The molecule has 1 amide bonds. The highest BCUT2D eigenvalue weighted by Gasteiger charge is 2.20. The van der Waals surface area contributed by atoms with Gasteiger partial charge in [-0.1, -0.05) is 25.5 Å². The van der Waals surface area contributed by atoms with Gasteiger partial charge in [0.05, 0.1) is 6.42 Å². The zero-order valence-electron chi connectivity index (χ0n) is 11.8. The second-order valence-electron chi connectivity index (χ2n) is 5.67. The topological polar surface area (TPSA) is 66.4 Å². The number of carbonyl (C=O) groups is 2. The predicted octanol–water partition coefficient (Wildman–Crippen LogP) is 3.39. The fraction of sp³-hybridized carbons (Fsp3) is 0.500. The van der Waals surface area contributed by atoms with Crippen LogP contribution in [0.3, 0.4) is 0 Å². The third-order valence-corrected chi connectivity index (χ3v) is 3.94. The summed E-state index contributed by atoms with van der Waals surface area (Å²) in [5, 5.41) is 11.7.